The Morgan fingerprint density at radius 1 is 1.35 bits per heavy atom. The molecule has 0 aliphatic rings. The van der Waals surface area contributed by atoms with E-state index in [0.29, 0.717) is 13.0 Å². The molecule has 0 fully saturated rings. The first-order chi connectivity index (χ1) is 9.81. The largest absolute Gasteiger partial charge is 0.355 e. The van der Waals surface area contributed by atoms with Gasteiger partial charge in [0.1, 0.15) is 0 Å². The SMILES string of the molecule is C=CCC(C(=O)NCCc1ccns1)c1ccccc1. The van der Waals surface area contributed by atoms with Crippen LogP contribution in [0.1, 0.15) is 22.8 Å². The molecule has 1 amide bonds. The lowest BCUT2D eigenvalue weighted by molar-refractivity contribution is -0.122. The maximum Gasteiger partial charge on any atom is 0.227 e. The zero-order valence-corrected chi connectivity index (χ0v) is 12.1. The Hall–Kier alpha value is -1.94. The fourth-order valence-electron chi connectivity index (χ4n) is 2.05. The number of allylic oxidation sites excluding steroid dienone is 1. The molecule has 0 radical (unpaired) electrons. The second-order valence-electron chi connectivity index (χ2n) is 4.51. The lowest BCUT2D eigenvalue weighted by Crippen LogP contribution is -2.30. The Morgan fingerprint density at radius 3 is 2.80 bits per heavy atom. The monoisotopic (exact) mass is 286 g/mol. The van der Waals surface area contributed by atoms with Crippen LogP contribution in [0.25, 0.3) is 0 Å². The van der Waals surface area contributed by atoms with E-state index in [1.807, 2.05) is 36.4 Å². The molecular formula is C16H18N2OS. The Balaban J connectivity index is 1.92. The van der Waals surface area contributed by atoms with E-state index in [-0.39, 0.29) is 11.8 Å². The molecule has 1 atom stereocenters. The van der Waals surface area contributed by atoms with Gasteiger partial charge in [-0.2, -0.15) is 0 Å². The van der Waals surface area contributed by atoms with Crippen molar-refractivity contribution >= 4 is 17.4 Å². The number of aromatic nitrogens is 1. The van der Waals surface area contributed by atoms with E-state index in [9.17, 15) is 4.79 Å². The average Bonchev–Trinajstić information content (AvgIpc) is 2.99. The summed E-state index contributed by atoms with van der Waals surface area (Å²) in [6.07, 6.45) is 5.05. The molecule has 1 heterocycles. The standard InChI is InChI=1S/C16H18N2OS/c1-2-6-15(13-7-4-3-5-8-13)16(19)17-11-9-14-10-12-18-20-14/h2-5,7-8,10,12,15H,1,6,9,11H2,(H,17,19). The van der Waals surface area contributed by atoms with Gasteiger partial charge in [-0.15, -0.1) is 6.58 Å². The summed E-state index contributed by atoms with van der Waals surface area (Å²) in [7, 11) is 0. The van der Waals surface area contributed by atoms with Crippen LogP contribution in [0, 0.1) is 0 Å². The van der Waals surface area contributed by atoms with Crippen molar-refractivity contribution in [2.45, 2.75) is 18.8 Å². The molecule has 104 valence electrons. The molecule has 2 aromatic rings. The van der Waals surface area contributed by atoms with Crippen LogP contribution in [0.2, 0.25) is 0 Å². The van der Waals surface area contributed by atoms with Crippen molar-refractivity contribution in [2.75, 3.05) is 6.54 Å². The van der Waals surface area contributed by atoms with E-state index in [2.05, 4.69) is 16.3 Å². The van der Waals surface area contributed by atoms with Crippen LogP contribution in [-0.2, 0) is 11.2 Å². The Labute approximate surface area is 123 Å². The topological polar surface area (TPSA) is 42.0 Å². The summed E-state index contributed by atoms with van der Waals surface area (Å²) in [5, 5.41) is 3.00. The molecule has 1 aromatic heterocycles. The number of nitrogens with zero attached hydrogens (tertiary/aromatic N) is 1. The normalized spacial score (nSPS) is 11.8. The lowest BCUT2D eigenvalue weighted by atomic mass is 9.95. The summed E-state index contributed by atoms with van der Waals surface area (Å²) < 4.78 is 4.05. The number of amides is 1. The molecule has 0 bridgehead atoms. The molecule has 1 aromatic carbocycles. The second kappa shape index (κ2) is 7.60. The van der Waals surface area contributed by atoms with Crippen molar-refractivity contribution in [3.05, 3.63) is 65.7 Å². The fraction of sp³-hybridized carbons (Fsp3) is 0.250. The van der Waals surface area contributed by atoms with Gasteiger partial charge in [-0.3, -0.25) is 4.79 Å². The number of benzene rings is 1. The first-order valence-corrected chi connectivity index (χ1v) is 7.41. The summed E-state index contributed by atoms with van der Waals surface area (Å²) in [5.41, 5.74) is 1.03. The van der Waals surface area contributed by atoms with Crippen molar-refractivity contribution in [1.29, 1.82) is 0 Å². The van der Waals surface area contributed by atoms with Gasteiger partial charge in [0, 0.05) is 24.0 Å². The van der Waals surface area contributed by atoms with Gasteiger partial charge in [0.15, 0.2) is 0 Å². The van der Waals surface area contributed by atoms with Crippen LogP contribution in [0.3, 0.4) is 0 Å². The first-order valence-electron chi connectivity index (χ1n) is 6.64. The van der Waals surface area contributed by atoms with Crippen LogP contribution in [0.4, 0.5) is 0 Å². The number of hydrogen-bond acceptors (Lipinski definition) is 3. The Bertz CT molecular complexity index is 537. The van der Waals surface area contributed by atoms with Gasteiger partial charge >= 0.3 is 0 Å². The highest BCUT2D eigenvalue weighted by Crippen LogP contribution is 2.20. The van der Waals surface area contributed by atoms with Crippen LogP contribution in [0.5, 0.6) is 0 Å². The van der Waals surface area contributed by atoms with Gasteiger partial charge in [0.25, 0.3) is 0 Å². The van der Waals surface area contributed by atoms with Crippen molar-refractivity contribution < 1.29 is 4.79 Å². The van der Waals surface area contributed by atoms with Gasteiger partial charge < -0.3 is 5.32 Å². The van der Waals surface area contributed by atoms with E-state index < -0.39 is 0 Å². The summed E-state index contributed by atoms with van der Waals surface area (Å²) in [4.78, 5) is 13.5. The Morgan fingerprint density at radius 2 is 2.15 bits per heavy atom. The first kappa shape index (κ1) is 14.5. The molecule has 0 saturated heterocycles. The number of hydrogen-bond donors (Lipinski definition) is 1. The highest BCUT2D eigenvalue weighted by Gasteiger charge is 2.18. The molecular weight excluding hydrogens is 268 g/mol. The van der Waals surface area contributed by atoms with Gasteiger partial charge in [0.05, 0.1) is 5.92 Å². The maximum atomic E-state index is 12.3. The zero-order chi connectivity index (χ0) is 14.2. The van der Waals surface area contributed by atoms with Crippen molar-refractivity contribution in [2.24, 2.45) is 0 Å². The van der Waals surface area contributed by atoms with E-state index >= 15 is 0 Å². The smallest absolute Gasteiger partial charge is 0.227 e. The molecule has 0 aliphatic carbocycles. The molecule has 4 heteroatoms. The molecule has 2 rings (SSSR count). The van der Waals surface area contributed by atoms with E-state index in [0.717, 1.165) is 12.0 Å². The van der Waals surface area contributed by atoms with E-state index in [1.165, 1.54) is 16.4 Å². The molecule has 1 N–H and O–H groups in total. The summed E-state index contributed by atoms with van der Waals surface area (Å²) in [5.74, 6) is -0.101. The van der Waals surface area contributed by atoms with Crippen molar-refractivity contribution in [3.8, 4) is 0 Å². The van der Waals surface area contributed by atoms with Gasteiger partial charge in [-0.05, 0) is 29.6 Å². The Kier molecular flexibility index (Phi) is 5.50. The molecule has 0 aliphatic heterocycles. The van der Waals surface area contributed by atoms with Crippen molar-refractivity contribution in [3.63, 3.8) is 0 Å². The van der Waals surface area contributed by atoms with E-state index in [1.54, 1.807) is 12.3 Å². The van der Waals surface area contributed by atoms with Crippen LogP contribution >= 0.6 is 11.5 Å². The summed E-state index contributed by atoms with van der Waals surface area (Å²) in [6.45, 7) is 4.38. The lowest BCUT2D eigenvalue weighted by Gasteiger charge is -2.15. The number of carbonyl (C=O) groups is 1. The minimum atomic E-state index is -0.157. The van der Waals surface area contributed by atoms with Crippen LogP contribution in [0.15, 0.2) is 55.3 Å². The molecule has 0 spiro atoms. The highest BCUT2D eigenvalue weighted by atomic mass is 32.1. The predicted molar refractivity (Wildman–Crippen MR) is 82.8 cm³/mol. The maximum absolute atomic E-state index is 12.3. The van der Waals surface area contributed by atoms with Crippen molar-refractivity contribution in [1.82, 2.24) is 9.69 Å². The average molecular weight is 286 g/mol. The second-order valence-corrected chi connectivity index (χ2v) is 5.43. The summed E-state index contributed by atoms with van der Waals surface area (Å²) >= 11 is 1.47. The molecule has 1 unspecified atom stereocenters. The number of carbonyl (C=O) groups excluding carboxylic acids is 1. The molecule has 3 nitrogen and oxygen atoms in total. The molecule has 0 saturated carbocycles. The quantitative estimate of drug-likeness (QED) is 0.794. The van der Waals surface area contributed by atoms with E-state index in [4.69, 9.17) is 0 Å². The van der Waals surface area contributed by atoms with Crippen LogP contribution < -0.4 is 5.32 Å². The third kappa shape index (κ3) is 4.03. The third-order valence-electron chi connectivity index (χ3n) is 3.08. The molecule has 20 heavy (non-hydrogen) atoms. The third-order valence-corrected chi connectivity index (χ3v) is 3.88. The zero-order valence-electron chi connectivity index (χ0n) is 11.3. The van der Waals surface area contributed by atoms with Gasteiger partial charge in [-0.25, -0.2) is 4.37 Å². The number of rotatable bonds is 7. The van der Waals surface area contributed by atoms with Crippen LogP contribution in [-0.4, -0.2) is 16.8 Å². The van der Waals surface area contributed by atoms with Gasteiger partial charge in [0.2, 0.25) is 5.91 Å². The predicted octanol–water partition coefficient (Wildman–Crippen LogP) is 3.16. The summed E-state index contributed by atoms with van der Waals surface area (Å²) in [6, 6.07) is 11.8. The van der Waals surface area contributed by atoms with Gasteiger partial charge in [-0.1, -0.05) is 36.4 Å². The minimum Gasteiger partial charge on any atom is -0.355 e. The highest BCUT2D eigenvalue weighted by molar-refractivity contribution is 7.05. The fourth-order valence-corrected chi connectivity index (χ4v) is 2.62. The minimum absolute atomic E-state index is 0.0561. The number of nitrogens with one attached hydrogen (secondary N) is 1.